The third kappa shape index (κ3) is 1.45. The number of ketones is 1. The minimum atomic E-state index is -0.414. The highest BCUT2D eigenvalue weighted by Crippen LogP contribution is 2.34. The van der Waals surface area contributed by atoms with E-state index in [1.165, 1.54) is 4.57 Å². The summed E-state index contributed by atoms with van der Waals surface area (Å²) in [6, 6.07) is 0. The lowest BCUT2D eigenvalue weighted by Gasteiger charge is -2.05. The maximum atomic E-state index is 11.7. The van der Waals surface area contributed by atoms with Crippen molar-refractivity contribution in [3.05, 3.63) is 22.0 Å². The third-order valence-electron chi connectivity index (χ3n) is 2.77. The first kappa shape index (κ1) is 11.2. The van der Waals surface area contributed by atoms with Crippen LogP contribution in [0.15, 0.2) is 0 Å². The molecule has 0 aliphatic heterocycles. The molecule has 0 atom stereocenters. The lowest BCUT2D eigenvalue weighted by molar-refractivity contribution is 0.0514. The first-order valence-electron chi connectivity index (χ1n) is 5.15. The molecule has 1 aromatic heterocycles. The highest BCUT2D eigenvalue weighted by molar-refractivity contribution is 6.34. The van der Waals surface area contributed by atoms with Crippen molar-refractivity contribution in [2.45, 2.75) is 19.8 Å². The first-order valence-corrected chi connectivity index (χ1v) is 5.53. The molecule has 5 heteroatoms. The van der Waals surface area contributed by atoms with Crippen LogP contribution in [0.3, 0.4) is 0 Å². The van der Waals surface area contributed by atoms with Crippen molar-refractivity contribution in [1.82, 2.24) is 4.57 Å². The predicted molar refractivity (Wildman–Crippen MR) is 59.0 cm³/mol. The molecule has 1 aliphatic rings. The molecule has 16 heavy (non-hydrogen) atoms. The molecule has 1 aromatic rings. The zero-order valence-corrected chi connectivity index (χ0v) is 9.93. The largest absolute Gasteiger partial charge is 0.461 e. The molecule has 0 saturated carbocycles. The minimum absolute atomic E-state index is 0.00569. The number of aromatic nitrogens is 1. The topological polar surface area (TPSA) is 48.3 Å². The molecule has 0 N–H and O–H groups in total. The van der Waals surface area contributed by atoms with E-state index in [1.54, 1.807) is 14.0 Å². The minimum Gasteiger partial charge on any atom is -0.461 e. The van der Waals surface area contributed by atoms with Crippen LogP contribution in [0.25, 0.3) is 0 Å². The van der Waals surface area contributed by atoms with Gasteiger partial charge in [0.25, 0.3) is 0 Å². The van der Waals surface area contributed by atoms with Crippen molar-refractivity contribution in [2.24, 2.45) is 7.05 Å². The Bertz CT molecular complexity index is 476. The molecule has 0 fully saturated rings. The smallest absolute Gasteiger partial charge is 0.355 e. The number of fused-ring (bicyclic) bond motifs is 1. The van der Waals surface area contributed by atoms with Crippen LogP contribution in [0.5, 0.6) is 0 Å². The van der Waals surface area contributed by atoms with Gasteiger partial charge in [-0.2, -0.15) is 0 Å². The molecule has 0 radical (unpaired) electrons. The number of halogens is 1. The molecule has 1 heterocycles. The Kier molecular flexibility index (Phi) is 2.76. The number of esters is 1. The Balaban J connectivity index is 2.55. The summed E-state index contributed by atoms with van der Waals surface area (Å²) in [5.74, 6) is -0.408. The second-order valence-corrected chi connectivity index (χ2v) is 4.05. The molecule has 0 amide bonds. The van der Waals surface area contributed by atoms with Crippen LogP contribution in [-0.4, -0.2) is 22.9 Å². The highest BCUT2D eigenvalue weighted by atomic mass is 35.5. The summed E-state index contributed by atoms with van der Waals surface area (Å²) < 4.78 is 6.48. The van der Waals surface area contributed by atoms with Gasteiger partial charge in [0.05, 0.1) is 12.2 Å². The average molecular weight is 242 g/mol. The van der Waals surface area contributed by atoms with Crippen LogP contribution in [0, 0.1) is 0 Å². The standard InChI is InChI=1S/C11H12ClNO3/c1-3-16-11(15)9-6-4-5-7(14)8(6)10(12)13(9)2/h3-5H2,1-2H3. The normalized spacial score (nSPS) is 14.1. The lowest BCUT2D eigenvalue weighted by Crippen LogP contribution is -2.12. The van der Waals surface area contributed by atoms with E-state index in [4.69, 9.17) is 16.3 Å². The van der Waals surface area contributed by atoms with Crippen molar-refractivity contribution >= 4 is 23.4 Å². The Hall–Kier alpha value is -1.29. The van der Waals surface area contributed by atoms with E-state index < -0.39 is 5.97 Å². The molecule has 4 nitrogen and oxygen atoms in total. The van der Waals surface area contributed by atoms with Gasteiger partial charge in [-0.25, -0.2) is 4.79 Å². The Morgan fingerprint density at radius 1 is 1.50 bits per heavy atom. The van der Waals surface area contributed by atoms with Gasteiger partial charge in [0.1, 0.15) is 10.8 Å². The monoisotopic (exact) mass is 241 g/mol. The molecule has 2 rings (SSSR count). The van der Waals surface area contributed by atoms with Crippen LogP contribution >= 0.6 is 11.6 Å². The van der Waals surface area contributed by atoms with Crippen LogP contribution in [0.4, 0.5) is 0 Å². The van der Waals surface area contributed by atoms with Crippen molar-refractivity contribution < 1.29 is 14.3 Å². The number of hydrogen-bond donors (Lipinski definition) is 0. The highest BCUT2D eigenvalue weighted by Gasteiger charge is 2.33. The first-order chi connectivity index (χ1) is 7.57. The van der Waals surface area contributed by atoms with Crippen molar-refractivity contribution in [3.8, 4) is 0 Å². The lowest BCUT2D eigenvalue weighted by atomic mass is 10.2. The second kappa shape index (κ2) is 3.94. The summed E-state index contributed by atoms with van der Waals surface area (Å²) in [4.78, 5) is 23.3. The predicted octanol–water partition coefficient (Wildman–Crippen LogP) is 1.98. The fourth-order valence-corrected chi connectivity index (χ4v) is 2.37. The van der Waals surface area contributed by atoms with Gasteiger partial charge in [0.15, 0.2) is 5.78 Å². The fourth-order valence-electron chi connectivity index (χ4n) is 2.06. The average Bonchev–Trinajstić information content (AvgIpc) is 2.70. The number of rotatable bonds is 2. The van der Waals surface area contributed by atoms with Gasteiger partial charge in [0.2, 0.25) is 0 Å². The van der Waals surface area contributed by atoms with Gasteiger partial charge in [-0.1, -0.05) is 11.6 Å². The number of nitrogens with zero attached hydrogens (tertiary/aromatic N) is 1. The Morgan fingerprint density at radius 3 is 2.81 bits per heavy atom. The fraction of sp³-hybridized carbons (Fsp3) is 0.455. The van der Waals surface area contributed by atoms with Crippen LogP contribution in [0.1, 0.15) is 39.8 Å². The summed E-state index contributed by atoms with van der Waals surface area (Å²) in [5.41, 5.74) is 1.64. The number of Topliss-reactive ketones (excluding diaryl/α,β-unsaturated/α-hetero) is 1. The third-order valence-corrected chi connectivity index (χ3v) is 3.22. The van der Waals surface area contributed by atoms with Crippen molar-refractivity contribution in [1.29, 1.82) is 0 Å². The van der Waals surface area contributed by atoms with E-state index in [0.717, 1.165) is 5.56 Å². The summed E-state index contributed by atoms with van der Waals surface area (Å²) in [7, 11) is 1.67. The quantitative estimate of drug-likeness (QED) is 0.744. The molecule has 0 bridgehead atoms. The van der Waals surface area contributed by atoms with Crippen LogP contribution in [-0.2, 0) is 18.2 Å². The van der Waals surface area contributed by atoms with Gasteiger partial charge in [0, 0.05) is 13.5 Å². The molecule has 0 saturated heterocycles. The van der Waals surface area contributed by atoms with Gasteiger partial charge < -0.3 is 9.30 Å². The second-order valence-electron chi connectivity index (χ2n) is 3.70. The van der Waals surface area contributed by atoms with E-state index in [0.29, 0.717) is 35.9 Å². The van der Waals surface area contributed by atoms with Crippen molar-refractivity contribution in [2.75, 3.05) is 6.61 Å². The zero-order valence-electron chi connectivity index (χ0n) is 9.17. The maximum Gasteiger partial charge on any atom is 0.355 e. The van der Waals surface area contributed by atoms with E-state index in [9.17, 15) is 9.59 Å². The van der Waals surface area contributed by atoms with Gasteiger partial charge in [-0.3, -0.25) is 4.79 Å². The van der Waals surface area contributed by atoms with Gasteiger partial charge in [-0.15, -0.1) is 0 Å². The van der Waals surface area contributed by atoms with E-state index in [-0.39, 0.29) is 5.78 Å². The van der Waals surface area contributed by atoms with Gasteiger partial charge in [-0.05, 0) is 18.9 Å². The molecular weight excluding hydrogens is 230 g/mol. The molecule has 1 aliphatic carbocycles. The maximum absolute atomic E-state index is 11.7. The molecular formula is C11H12ClNO3. The summed E-state index contributed by atoms with van der Waals surface area (Å²) in [5, 5.41) is 0.334. The molecule has 0 unspecified atom stereocenters. The van der Waals surface area contributed by atoms with E-state index in [2.05, 4.69) is 0 Å². The molecule has 0 spiro atoms. The number of carbonyl (C=O) groups is 2. The Morgan fingerprint density at radius 2 is 2.19 bits per heavy atom. The van der Waals surface area contributed by atoms with Crippen LogP contribution in [0.2, 0.25) is 5.15 Å². The SMILES string of the molecule is CCOC(=O)c1c2c(c(Cl)n1C)C(=O)CC2. The van der Waals surface area contributed by atoms with Crippen LogP contribution < -0.4 is 0 Å². The molecule has 86 valence electrons. The number of hydrogen-bond acceptors (Lipinski definition) is 3. The van der Waals surface area contributed by atoms with E-state index in [1.807, 2.05) is 0 Å². The van der Waals surface area contributed by atoms with E-state index >= 15 is 0 Å². The van der Waals surface area contributed by atoms with Gasteiger partial charge >= 0.3 is 5.97 Å². The number of carbonyl (C=O) groups excluding carboxylic acids is 2. The number of ether oxygens (including phenoxy) is 1. The zero-order chi connectivity index (χ0) is 11.9. The van der Waals surface area contributed by atoms with Crippen molar-refractivity contribution in [3.63, 3.8) is 0 Å². The summed E-state index contributed by atoms with van der Waals surface area (Å²) in [6.07, 6.45) is 1.00. The summed E-state index contributed by atoms with van der Waals surface area (Å²) in [6.45, 7) is 2.05. The Labute approximate surface area is 98.1 Å². The summed E-state index contributed by atoms with van der Waals surface area (Å²) >= 11 is 6.03. The molecule has 0 aromatic carbocycles.